The summed E-state index contributed by atoms with van der Waals surface area (Å²) in [6.45, 7) is 2.74. The van der Waals surface area contributed by atoms with E-state index in [2.05, 4.69) is 11.9 Å². The number of rotatable bonds is 5. The maximum Gasteiger partial charge on any atom is 0.363 e. The highest BCUT2D eigenvalue weighted by molar-refractivity contribution is 6.30. The first-order valence-corrected chi connectivity index (χ1v) is 8.05. The molecule has 0 spiro atoms. The van der Waals surface area contributed by atoms with Gasteiger partial charge in [-0.2, -0.15) is 0 Å². The van der Waals surface area contributed by atoms with Gasteiger partial charge < -0.3 is 9.47 Å². The number of ether oxygens (including phenoxy) is 2. The van der Waals surface area contributed by atoms with E-state index in [9.17, 15) is 4.79 Å². The summed E-state index contributed by atoms with van der Waals surface area (Å²) in [5, 5.41) is 0.616. The zero-order valence-electron chi connectivity index (χ0n) is 13.2. The topological polar surface area (TPSA) is 47.9 Å². The fourth-order valence-corrected chi connectivity index (χ4v) is 2.29. The van der Waals surface area contributed by atoms with Crippen LogP contribution in [-0.4, -0.2) is 18.5 Å². The van der Waals surface area contributed by atoms with E-state index in [0.717, 1.165) is 17.7 Å². The number of nitrogens with zero attached hydrogens (tertiary/aromatic N) is 1. The van der Waals surface area contributed by atoms with Gasteiger partial charge in [0.25, 0.3) is 0 Å². The van der Waals surface area contributed by atoms with Crippen molar-refractivity contribution in [2.75, 3.05) is 6.61 Å². The van der Waals surface area contributed by atoms with Crippen LogP contribution < -0.4 is 4.74 Å². The van der Waals surface area contributed by atoms with E-state index in [1.807, 2.05) is 24.3 Å². The van der Waals surface area contributed by atoms with E-state index in [4.69, 9.17) is 21.1 Å². The molecule has 1 heterocycles. The van der Waals surface area contributed by atoms with Crippen LogP contribution in [0.4, 0.5) is 0 Å². The molecule has 4 nitrogen and oxygen atoms in total. The lowest BCUT2D eigenvalue weighted by atomic mass is 10.2. The predicted molar refractivity (Wildman–Crippen MR) is 94.3 cm³/mol. The first-order valence-electron chi connectivity index (χ1n) is 7.67. The lowest BCUT2D eigenvalue weighted by molar-refractivity contribution is -0.129. The SMILES string of the molecule is CCCOc1ccc(/C=C2\N=C(c3ccc(Cl)cc3)OC2=O)cc1. The van der Waals surface area contributed by atoms with Crippen LogP contribution in [0.2, 0.25) is 5.02 Å². The first kappa shape index (κ1) is 16.3. The minimum atomic E-state index is -0.466. The monoisotopic (exact) mass is 341 g/mol. The lowest BCUT2D eigenvalue weighted by Crippen LogP contribution is -2.05. The molecule has 0 N–H and O–H groups in total. The van der Waals surface area contributed by atoms with Crippen LogP contribution in [0, 0.1) is 0 Å². The summed E-state index contributed by atoms with van der Waals surface area (Å²) in [5.74, 6) is 0.621. The molecule has 2 aromatic carbocycles. The highest BCUT2D eigenvalue weighted by Crippen LogP contribution is 2.21. The molecule has 1 aliphatic heterocycles. The fourth-order valence-electron chi connectivity index (χ4n) is 2.16. The number of carbonyl (C=O) groups is 1. The summed E-state index contributed by atoms with van der Waals surface area (Å²) >= 11 is 5.86. The third-order valence-corrected chi connectivity index (χ3v) is 3.62. The number of benzene rings is 2. The standard InChI is InChI=1S/C19H16ClNO3/c1-2-11-23-16-9-3-13(4-10-16)12-17-19(22)24-18(21-17)14-5-7-15(20)8-6-14/h3-10,12H,2,11H2,1H3/b17-12-. The Labute approximate surface area is 145 Å². The molecule has 0 unspecified atom stereocenters. The minimum absolute atomic E-state index is 0.266. The summed E-state index contributed by atoms with van der Waals surface area (Å²) < 4.78 is 10.8. The van der Waals surface area contributed by atoms with Crippen molar-refractivity contribution in [3.63, 3.8) is 0 Å². The molecule has 0 fully saturated rings. The predicted octanol–water partition coefficient (Wildman–Crippen LogP) is 4.47. The van der Waals surface area contributed by atoms with E-state index in [-0.39, 0.29) is 11.6 Å². The Morgan fingerprint density at radius 1 is 1.12 bits per heavy atom. The van der Waals surface area contributed by atoms with Crippen molar-refractivity contribution >= 4 is 29.5 Å². The average Bonchev–Trinajstić information content (AvgIpc) is 2.95. The zero-order valence-corrected chi connectivity index (χ0v) is 13.9. The highest BCUT2D eigenvalue weighted by Gasteiger charge is 2.23. The molecule has 0 aliphatic carbocycles. The van der Waals surface area contributed by atoms with Crippen molar-refractivity contribution in [3.8, 4) is 5.75 Å². The van der Waals surface area contributed by atoms with Gasteiger partial charge in [-0.1, -0.05) is 30.7 Å². The number of esters is 1. The molecule has 1 aliphatic rings. The van der Waals surface area contributed by atoms with E-state index in [0.29, 0.717) is 17.2 Å². The van der Waals surface area contributed by atoms with E-state index in [1.54, 1.807) is 30.3 Å². The molecular formula is C19H16ClNO3. The second-order valence-electron chi connectivity index (χ2n) is 5.26. The summed E-state index contributed by atoms with van der Waals surface area (Å²) in [5.41, 5.74) is 1.83. The molecule has 0 saturated heterocycles. The Morgan fingerprint density at radius 2 is 1.83 bits per heavy atom. The van der Waals surface area contributed by atoms with Gasteiger partial charge in [0.2, 0.25) is 5.90 Å². The van der Waals surface area contributed by atoms with Crippen molar-refractivity contribution in [2.45, 2.75) is 13.3 Å². The van der Waals surface area contributed by atoms with Gasteiger partial charge in [0.05, 0.1) is 6.61 Å². The van der Waals surface area contributed by atoms with Crippen LogP contribution in [0.25, 0.3) is 6.08 Å². The fraction of sp³-hybridized carbons (Fsp3) is 0.158. The number of cyclic esters (lactones) is 1. The Balaban J connectivity index is 1.79. The first-order chi connectivity index (χ1) is 11.7. The average molecular weight is 342 g/mol. The third kappa shape index (κ3) is 3.84. The van der Waals surface area contributed by atoms with E-state index in [1.165, 1.54) is 0 Å². The van der Waals surface area contributed by atoms with Crippen LogP contribution in [0.1, 0.15) is 24.5 Å². The van der Waals surface area contributed by atoms with E-state index < -0.39 is 5.97 Å². The van der Waals surface area contributed by atoms with Gasteiger partial charge in [-0.3, -0.25) is 0 Å². The zero-order chi connectivity index (χ0) is 16.9. The van der Waals surface area contributed by atoms with Crippen LogP contribution in [0.15, 0.2) is 59.2 Å². The molecule has 24 heavy (non-hydrogen) atoms. The molecule has 0 aromatic heterocycles. The van der Waals surface area contributed by atoms with Crippen LogP contribution >= 0.6 is 11.6 Å². The number of hydrogen-bond donors (Lipinski definition) is 0. The van der Waals surface area contributed by atoms with Gasteiger partial charge in [0, 0.05) is 10.6 Å². The summed E-state index contributed by atoms with van der Waals surface area (Å²) in [6.07, 6.45) is 2.65. The molecular weight excluding hydrogens is 326 g/mol. The van der Waals surface area contributed by atoms with Crippen molar-refractivity contribution in [3.05, 3.63) is 70.4 Å². The van der Waals surface area contributed by atoms with Crippen LogP contribution in [0.5, 0.6) is 5.75 Å². The number of hydrogen-bond acceptors (Lipinski definition) is 4. The van der Waals surface area contributed by atoms with Gasteiger partial charge in [-0.15, -0.1) is 0 Å². The Bertz CT molecular complexity index is 792. The molecule has 0 radical (unpaired) electrons. The highest BCUT2D eigenvalue weighted by atomic mass is 35.5. The van der Waals surface area contributed by atoms with Crippen molar-refractivity contribution in [1.82, 2.24) is 0 Å². The van der Waals surface area contributed by atoms with Crippen molar-refractivity contribution in [2.24, 2.45) is 4.99 Å². The van der Waals surface area contributed by atoms with Gasteiger partial charge in [0.1, 0.15) is 5.75 Å². The molecule has 0 bridgehead atoms. The van der Waals surface area contributed by atoms with Gasteiger partial charge >= 0.3 is 5.97 Å². The normalized spacial score (nSPS) is 15.3. The molecule has 0 saturated carbocycles. The van der Waals surface area contributed by atoms with Crippen LogP contribution in [-0.2, 0) is 9.53 Å². The largest absolute Gasteiger partial charge is 0.494 e. The maximum absolute atomic E-state index is 12.0. The van der Waals surface area contributed by atoms with Crippen LogP contribution in [0.3, 0.4) is 0 Å². The molecule has 122 valence electrons. The summed E-state index contributed by atoms with van der Waals surface area (Å²) in [6, 6.07) is 14.5. The lowest BCUT2D eigenvalue weighted by Gasteiger charge is -2.04. The van der Waals surface area contributed by atoms with Crippen molar-refractivity contribution < 1.29 is 14.3 Å². The molecule has 0 atom stereocenters. The second kappa shape index (κ2) is 7.32. The smallest absolute Gasteiger partial charge is 0.363 e. The Hall–Kier alpha value is -2.59. The molecule has 5 heteroatoms. The Morgan fingerprint density at radius 3 is 2.50 bits per heavy atom. The summed E-state index contributed by atoms with van der Waals surface area (Å²) in [7, 11) is 0. The summed E-state index contributed by atoms with van der Waals surface area (Å²) in [4.78, 5) is 16.2. The number of halogens is 1. The Kier molecular flexibility index (Phi) is 4.96. The minimum Gasteiger partial charge on any atom is -0.494 e. The quantitative estimate of drug-likeness (QED) is 0.595. The second-order valence-corrected chi connectivity index (χ2v) is 5.70. The molecule has 2 aromatic rings. The number of aliphatic imine (C=N–C) groups is 1. The van der Waals surface area contributed by atoms with Crippen molar-refractivity contribution in [1.29, 1.82) is 0 Å². The van der Waals surface area contributed by atoms with Gasteiger partial charge in [-0.25, -0.2) is 9.79 Å². The van der Waals surface area contributed by atoms with Gasteiger partial charge in [-0.05, 0) is 54.5 Å². The number of carbonyl (C=O) groups excluding carboxylic acids is 1. The third-order valence-electron chi connectivity index (χ3n) is 3.37. The van der Waals surface area contributed by atoms with E-state index >= 15 is 0 Å². The molecule has 0 amide bonds. The van der Waals surface area contributed by atoms with Gasteiger partial charge in [0.15, 0.2) is 5.70 Å². The maximum atomic E-state index is 12.0. The molecule has 3 rings (SSSR count).